The summed E-state index contributed by atoms with van der Waals surface area (Å²) in [5, 5.41) is 13.2. The summed E-state index contributed by atoms with van der Waals surface area (Å²) >= 11 is 0. The maximum Gasteiger partial charge on any atom is 0.339 e. The van der Waals surface area contributed by atoms with Gasteiger partial charge in [-0.2, -0.15) is 5.10 Å². The van der Waals surface area contributed by atoms with Crippen molar-refractivity contribution in [1.29, 1.82) is 0 Å². The minimum absolute atomic E-state index is 0.0395. The number of aryl methyl sites for hydroxylation is 1. The summed E-state index contributed by atoms with van der Waals surface area (Å²) in [6.45, 7) is 8.02. The lowest BCUT2D eigenvalue weighted by molar-refractivity contribution is 0.0696. The molecule has 2 aromatic rings. The van der Waals surface area contributed by atoms with E-state index in [-0.39, 0.29) is 11.0 Å². The third-order valence-electron chi connectivity index (χ3n) is 2.98. The Labute approximate surface area is 111 Å². The Morgan fingerprint density at radius 1 is 1.32 bits per heavy atom. The summed E-state index contributed by atoms with van der Waals surface area (Å²) < 4.78 is 1.49. The molecule has 0 unspecified atom stereocenters. The fraction of sp³-hybridized carbons (Fsp3) is 0.357. The van der Waals surface area contributed by atoms with Crippen molar-refractivity contribution >= 4 is 5.97 Å². The van der Waals surface area contributed by atoms with Gasteiger partial charge in [-0.1, -0.05) is 26.8 Å². The van der Waals surface area contributed by atoms with E-state index in [1.165, 1.54) is 10.9 Å². The lowest BCUT2D eigenvalue weighted by Gasteiger charge is -2.18. The van der Waals surface area contributed by atoms with Gasteiger partial charge in [-0.25, -0.2) is 14.5 Å². The van der Waals surface area contributed by atoms with E-state index in [1.807, 2.05) is 12.1 Å². The molecule has 0 saturated heterocycles. The Balaban J connectivity index is 2.38. The molecule has 0 radical (unpaired) electrons. The van der Waals surface area contributed by atoms with Crippen LogP contribution in [0.3, 0.4) is 0 Å². The molecule has 5 heteroatoms. The van der Waals surface area contributed by atoms with Crippen LogP contribution in [0.2, 0.25) is 0 Å². The van der Waals surface area contributed by atoms with Gasteiger partial charge in [0.05, 0.1) is 5.69 Å². The molecule has 0 aliphatic heterocycles. The van der Waals surface area contributed by atoms with Gasteiger partial charge in [0.25, 0.3) is 0 Å². The smallest absolute Gasteiger partial charge is 0.339 e. The van der Waals surface area contributed by atoms with Crippen LogP contribution in [-0.4, -0.2) is 25.8 Å². The zero-order valence-corrected chi connectivity index (χ0v) is 11.5. The van der Waals surface area contributed by atoms with E-state index >= 15 is 0 Å². The quantitative estimate of drug-likeness (QED) is 0.900. The van der Waals surface area contributed by atoms with Crippen LogP contribution in [0, 0.1) is 6.92 Å². The van der Waals surface area contributed by atoms with Crippen LogP contribution < -0.4 is 0 Å². The second kappa shape index (κ2) is 4.50. The van der Waals surface area contributed by atoms with Crippen LogP contribution in [0.1, 0.15) is 42.4 Å². The number of carbonyl (C=O) groups is 1. The normalized spacial score (nSPS) is 11.6. The van der Waals surface area contributed by atoms with Crippen LogP contribution in [0.25, 0.3) is 5.82 Å². The highest BCUT2D eigenvalue weighted by molar-refractivity contribution is 5.88. The molecule has 1 N–H and O–H groups in total. The molecule has 19 heavy (non-hydrogen) atoms. The number of aromatic carboxylic acids is 1. The number of hydrogen-bond acceptors (Lipinski definition) is 3. The van der Waals surface area contributed by atoms with E-state index < -0.39 is 5.97 Å². The standard InChI is InChI=1S/C14H17N3O2/c1-9-11(13(18)19)8-17(16-9)12-6-5-10(7-15-12)14(2,3)4/h5-8H,1-4H3,(H,18,19). The number of aromatic nitrogens is 3. The van der Waals surface area contributed by atoms with Crippen molar-refractivity contribution in [2.75, 3.05) is 0 Å². The highest BCUT2D eigenvalue weighted by atomic mass is 16.4. The molecule has 0 aromatic carbocycles. The predicted molar refractivity (Wildman–Crippen MR) is 71.8 cm³/mol. The first-order chi connectivity index (χ1) is 8.79. The van der Waals surface area contributed by atoms with Gasteiger partial charge in [0.1, 0.15) is 5.56 Å². The summed E-state index contributed by atoms with van der Waals surface area (Å²) in [6.07, 6.45) is 3.28. The zero-order chi connectivity index (χ0) is 14.2. The Bertz CT molecular complexity index is 607. The SMILES string of the molecule is Cc1nn(-c2ccc(C(C)(C)C)cn2)cc1C(=O)O. The Hall–Kier alpha value is -2.17. The van der Waals surface area contributed by atoms with Gasteiger partial charge in [-0.15, -0.1) is 0 Å². The molecule has 0 aliphatic rings. The molecule has 0 fully saturated rings. The highest BCUT2D eigenvalue weighted by Crippen LogP contribution is 2.21. The van der Waals surface area contributed by atoms with E-state index in [4.69, 9.17) is 5.11 Å². The lowest BCUT2D eigenvalue weighted by Crippen LogP contribution is -2.12. The molecule has 0 spiro atoms. The summed E-state index contributed by atoms with van der Waals surface area (Å²) in [5.74, 6) is -0.362. The monoisotopic (exact) mass is 259 g/mol. The van der Waals surface area contributed by atoms with Crippen molar-refractivity contribution < 1.29 is 9.90 Å². The topological polar surface area (TPSA) is 68.0 Å². The first-order valence-electron chi connectivity index (χ1n) is 6.05. The maximum atomic E-state index is 11.0. The van der Waals surface area contributed by atoms with Gasteiger partial charge in [-0.3, -0.25) is 0 Å². The van der Waals surface area contributed by atoms with E-state index in [0.717, 1.165) is 5.56 Å². The van der Waals surface area contributed by atoms with Crippen molar-refractivity contribution in [2.24, 2.45) is 0 Å². The molecular weight excluding hydrogens is 242 g/mol. The van der Waals surface area contributed by atoms with Gasteiger partial charge >= 0.3 is 5.97 Å². The highest BCUT2D eigenvalue weighted by Gasteiger charge is 2.16. The Morgan fingerprint density at radius 3 is 2.42 bits per heavy atom. The minimum Gasteiger partial charge on any atom is -0.478 e. The summed E-state index contributed by atoms with van der Waals surface area (Å²) in [5.41, 5.74) is 1.84. The predicted octanol–water partition coefficient (Wildman–Crippen LogP) is 2.57. The van der Waals surface area contributed by atoms with Crippen molar-refractivity contribution in [3.05, 3.63) is 41.3 Å². The molecule has 100 valence electrons. The first kappa shape index (κ1) is 13.3. The fourth-order valence-electron chi connectivity index (χ4n) is 1.75. The Kier molecular flexibility index (Phi) is 3.14. The number of carboxylic acid groups (broad SMARTS) is 1. The van der Waals surface area contributed by atoms with Gasteiger partial charge in [0, 0.05) is 12.4 Å². The number of nitrogens with zero attached hydrogens (tertiary/aromatic N) is 3. The molecule has 0 amide bonds. The number of rotatable bonds is 2. The van der Waals surface area contributed by atoms with Gasteiger partial charge < -0.3 is 5.11 Å². The van der Waals surface area contributed by atoms with Crippen molar-refractivity contribution in [3.63, 3.8) is 0 Å². The second-order valence-electron chi connectivity index (χ2n) is 5.53. The molecule has 2 rings (SSSR count). The van der Waals surface area contributed by atoms with Crippen molar-refractivity contribution in [2.45, 2.75) is 33.1 Å². The third-order valence-corrected chi connectivity index (χ3v) is 2.98. The summed E-state index contributed by atoms with van der Waals surface area (Å²) in [4.78, 5) is 15.3. The molecule has 0 bridgehead atoms. The second-order valence-corrected chi connectivity index (χ2v) is 5.53. The number of carboxylic acids is 1. The van der Waals surface area contributed by atoms with Gasteiger partial charge in [0.15, 0.2) is 5.82 Å². The Morgan fingerprint density at radius 2 is 2.00 bits per heavy atom. The van der Waals surface area contributed by atoms with Crippen LogP contribution in [0.4, 0.5) is 0 Å². The molecule has 0 atom stereocenters. The van der Waals surface area contributed by atoms with E-state index in [0.29, 0.717) is 11.5 Å². The van der Waals surface area contributed by atoms with Crippen molar-refractivity contribution in [3.8, 4) is 5.82 Å². The average molecular weight is 259 g/mol. The largest absolute Gasteiger partial charge is 0.478 e. The minimum atomic E-state index is -0.977. The first-order valence-corrected chi connectivity index (χ1v) is 6.05. The molecule has 5 nitrogen and oxygen atoms in total. The average Bonchev–Trinajstić information content (AvgIpc) is 2.70. The maximum absolute atomic E-state index is 11.0. The van der Waals surface area contributed by atoms with Crippen LogP contribution in [0.5, 0.6) is 0 Å². The summed E-state index contributed by atoms with van der Waals surface area (Å²) in [6, 6.07) is 3.83. The van der Waals surface area contributed by atoms with Crippen LogP contribution in [-0.2, 0) is 5.41 Å². The van der Waals surface area contributed by atoms with E-state index in [9.17, 15) is 4.79 Å². The summed E-state index contributed by atoms with van der Waals surface area (Å²) in [7, 11) is 0. The molecular formula is C14H17N3O2. The van der Waals surface area contributed by atoms with Crippen LogP contribution >= 0.6 is 0 Å². The van der Waals surface area contributed by atoms with Crippen molar-refractivity contribution in [1.82, 2.24) is 14.8 Å². The number of hydrogen-bond donors (Lipinski definition) is 1. The van der Waals surface area contributed by atoms with E-state index in [2.05, 4.69) is 30.9 Å². The number of pyridine rings is 1. The van der Waals surface area contributed by atoms with Gasteiger partial charge in [0.2, 0.25) is 0 Å². The third kappa shape index (κ3) is 2.65. The van der Waals surface area contributed by atoms with Gasteiger partial charge in [-0.05, 0) is 24.0 Å². The molecule has 2 aromatic heterocycles. The van der Waals surface area contributed by atoms with Crippen LogP contribution in [0.15, 0.2) is 24.5 Å². The molecule has 2 heterocycles. The molecule has 0 saturated carbocycles. The molecule has 0 aliphatic carbocycles. The fourth-order valence-corrected chi connectivity index (χ4v) is 1.75. The zero-order valence-electron chi connectivity index (χ0n) is 11.5. The van der Waals surface area contributed by atoms with E-state index in [1.54, 1.807) is 13.1 Å². The lowest BCUT2D eigenvalue weighted by atomic mass is 9.88.